The largest absolute Gasteiger partial charge is 0.468 e. The van der Waals surface area contributed by atoms with Gasteiger partial charge >= 0.3 is 0 Å². The summed E-state index contributed by atoms with van der Waals surface area (Å²) in [7, 11) is -3.59. The van der Waals surface area contributed by atoms with E-state index in [4.69, 9.17) is 4.42 Å². The number of amides is 1. The highest BCUT2D eigenvalue weighted by atomic mass is 32.2. The van der Waals surface area contributed by atoms with E-state index in [9.17, 15) is 13.2 Å². The van der Waals surface area contributed by atoms with Gasteiger partial charge in [0.05, 0.1) is 24.2 Å². The summed E-state index contributed by atoms with van der Waals surface area (Å²) in [5, 5.41) is 2.84. The van der Waals surface area contributed by atoms with Gasteiger partial charge in [0, 0.05) is 35.1 Å². The first kappa shape index (κ1) is 24.2. The SMILES string of the molecule is CCN(CC)S(=O)(=O)c1cccc(NC(=O)CN(Cc2ccco2)Cc2ccc(C)s2)c1. The van der Waals surface area contributed by atoms with Gasteiger partial charge in [-0.2, -0.15) is 4.31 Å². The summed E-state index contributed by atoms with van der Waals surface area (Å²) in [5.41, 5.74) is 0.452. The van der Waals surface area contributed by atoms with Crippen LogP contribution in [0.5, 0.6) is 0 Å². The van der Waals surface area contributed by atoms with Gasteiger partial charge in [-0.15, -0.1) is 11.3 Å². The molecule has 172 valence electrons. The number of carbonyl (C=O) groups excluding carboxylic acids is 1. The van der Waals surface area contributed by atoms with E-state index in [1.54, 1.807) is 49.6 Å². The smallest absolute Gasteiger partial charge is 0.243 e. The van der Waals surface area contributed by atoms with Crippen LogP contribution in [0.1, 0.15) is 29.4 Å². The number of carbonyl (C=O) groups is 1. The highest BCUT2D eigenvalue weighted by molar-refractivity contribution is 7.89. The molecule has 1 aromatic carbocycles. The minimum atomic E-state index is -3.59. The van der Waals surface area contributed by atoms with E-state index in [2.05, 4.69) is 24.4 Å². The summed E-state index contributed by atoms with van der Waals surface area (Å²) in [4.78, 5) is 17.4. The molecule has 0 saturated heterocycles. The van der Waals surface area contributed by atoms with Crippen molar-refractivity contribution >= 4 is 33.0 Å². The number of furan rings is 1. The van der Waals surface area contributed by atoms with Crippen molar-refractivity contribution in [2.24, 2.45) is 0 Å². The predicted octanol–water partition coefficient (Wildman–Crippen LogP) is 4.32. The molecule has 0 radical (unpaired) electrons. The Morgan fingerprint density at radius 1 is 1.06 bits per heavy atom. The molecule has 0 aliphatic rings. The maximum absolute atomic E-state index is 12.8. The van der Waals surface area contributed by atoms with Gasteiger partial charge in [0.25, 0.3) is 0 Å². The summed E-state index contributed by atoms with van der Waals surface area (Å²) in [6, 6.07) is 14.2. The Balaban J connectivity index is 1.71. The van der Waals surface area contributed by atoms with Crippen molar-refractivity contribution in [2.75, 3.05) is 25.0 Å². The predicted molar refractivity (Wildman–Crippen MR) is 127 cm³/mol. The Morgan fingerprint density at radius 2 is 1.84 bits per heavy atom. The van der Waals surface area contributed by atoms with Gasteiger partial charge in [-0.25, -0.2) is 8.42 Å². The lowest BCUT2D eigenvalue weighted by atomic mass is 10.3. The molecule has 1 N–H and O–H groups in total. The Morgan fingerprint density at radius 3 is 2.47 bits per heavy atom. The molecule has 0 saturated carbocycles. The summed E-state index contributed by atoms with van der Waals surface area (Å²) in [6.07, 6.45) is 1.62. The highest BCUT2D eigenvalue weighted by Gasteiger charge is 2.22. The first-order chi connectivity index (χ1) is 15.3. The van der Waals surface area contributed by atoms with E-state index >= 15 is 0 Å². The molecule has 2 aromatic heterocycles. The van der Waals surface area contributed by atoms with Gasteiger partial charge in [0.2, 0.25) is 15.9 Å². The molecule has 0 atom stereocenters. The molecule has 0 unspecified atom stereocenters. The molecular formula is C23H29N3O4S2. The molecular weight excluding hydrogens is 446 g/mol. The van der Waals surface area contributed by atoms with Crippen LogP contribution in [0.25, 0.3) is 0 Å². The lowest BCUT2D eigenvalue weighted by molar-refractivity contribution is -0.117. The molecule has 32 heavy (non-hydrogen) atoms. The molecule has 0 spiro atoms. The summed E-state index contributed by atoms with van der Waals surface area (Å²) in [6.45, 7) is 7.68. The number of nitrogens with one attached hydrogen (secondary N) is 1. The third kappa shape index (κ3) is 6.29. The molecule has 0 fully saturated rings. The number of benzene rings is 1. The number of anilines is 1. The standard InChI is InChI=1S/C23H29N3O4S2/c1-4-26(5-2)32(28,29)22-10-6-8-19(14-22)24-23(27)17-25(15-20-9-7-13-30-20)16-21-12-11-18(3)31-21/h6-14H,4-5,15-17H2,1-3H3,(H,24,27). The number of nitrogens with zero attached hydrogens (tertiary/aromatic N) is 2. The topological polar surface area (TPSA) is 82.9 Å². The van der Waals surface area contributed by atoms with E-state index in [0.717, 1.165) is 10.6 Å². The second-order valence-electron chi connectivity index (χ2n) is 7.40. The molecule has 2 heterocycles. The van der Waals surface area contributed by atoms with Gasteiger partial charge in [0.15, 0.2) is 0 Å². The summed E-state index contributed by atoms with van der Waals surface area (Å²) in [5.74, 6) is 0.556. The Hall–Kier alpha value is -2.46. The average molecular weight is 476 g/mol. The lowest BCUT2D eigenvalue weighted by Crippen LogP contribution is -2.32. The minimum absolute atomic E-state index is 0.144. The fourth-order valence-corrected chi connectivity index (χ4v) is 5.87. The van der Waals surface area contributed by atoms with Crippen LogP contribution in [-0.2, 0) is 27.9 Å². The second kappa shape index (κ2) is 10.9. The van der Waals surface area contributed by atoms with Crippen LogP contribution in [0.3, 0.4) is 0 Å². The van der Waals surface area contributed by atoms with Crippen molar-refractivity contribution in [3.05, 3.63) is 70.3 Å². The van der Waals surface area contributed by atoms with Gasteiger partial charge < -0.3 is 9.73 Å². The van der Waals surface area contributed by atoms with Crippen LogP contribution in [0.2, 0.25) is 0 Å². The van der Waals surface area contributed by atoms with Crippen LogP contribution >= 0.6 is 11.3 Å². The van der Waals surface area contributed by atoms with Crippen molar-refractivity contribution in [3.8, 4) is 0 Å². The summed E-state index contributed by atoms with van der Waals surface area (Å²) < 4.78 is 32.4. The van der Waals surface area contributed by atoms with Crippen molar-refractivity contribution in [2.45, 2.75) is 38.8 Å². The molecule has 9 heteroatoms. The van der Waals surface area contributed by atoms with E-state index in [0.29, 0.717) is 31.9 Å². The highest BCUT2D eigenvalue weighted by Crippen LogP contribution is 2.21. The summed E-state index contributed by atoms with van der Waals surface area (Å²) >= 11 is 1.70. The van der Waals surface area contributed by atoms with Crippen LogP contribution in [0, 0.1) is 6.92 Å². The van der Waals surface area contributed by atoms with Crippen molar-refractivity contribution < 1.29 is 17.6 Å². The number of hydrogen-bond acceptors (Lipinski definition) is 6. The molecule has 0 aliphatic heterocycles. The van der Waals surface area contributed by atoms with Crippen molar-refractivity contribution in [3.63, 3.8) is 0 Å². The van der Waals surface area contributed by atoms with Crippen LogP contribution in [0.15, 0.2) is 64.1 Å². The van der Waals surface area contributed by atoms with E-state index in [-0.39, 0.29) is 17.3 Å². The molecule has 3 rings (SSSR count). The number of rotatable bonds is 11. The van der Waals surface area contributed by atoms with Crippen LogP contribution in [0.4, 0.5) is 5.69 Å². The van der Waals surface area contributed by atoms with E-state index in [1.165, 1.54) is 15.2 Å². The Kier molecular flexibility index (Phi) is 8.25. The zero-order valence-corrected chi connectivity index (χ0v) is 20.2. The zero-order chi connectivity index (χ0) is 23.1. The third-order valence-corrected chi connectivity index (χ3v) is 7.99. The fraction of sp³-hybridized carbons (Fsp3) is 0.348. The fourth-order valence-electron chi connectivity index (χ4n) is 3.43. The average Bonchev–Trinajstić information content (AvgIpc) is 3.40. The number of aryl methyl sites for hydroxylation is 1. The first-order valence-electron chi connectivity index (χ1n) is 10.5. The number of sulfonamides is 1. The maximum Gasteiger partial charge on any atom is 0.243 e. The lowest BCUT2D eigenvalue weighted by Gasteiger charge is -2.21. The molecule has 7 nitrogen and oxygen atoms in total. The van der Waals surface area contributed by atoms with Gasteiger partial charge in [-0.3, -0.25) is 9.69 Å². The van der Waals surface area contributed by atoms with Gasteiger partial charge in [0.1, 0.15) is 5.76 Å². The molecule has 0 bridgehead atoms. The maximum atomic E-state index is 12.8. The minimum Gasteiger partial charge on any atom is -0.468 e. The molecule has 1 amide bonds. The van der Waals surface area contributed by atoms with Crippen LogP contribution in [-0.4, -0.2) is 43.2 Å². The van der Waals surface area contributed by atoms with Crippen molar-refractivity contribution in [1.82, 2.24) is 9.21 Å². The normalized spacial score (nSPS) is 11.9. The molecule has 0 aliphatic carbocycles. The number of thiophene rings is 1. The van der Waals surface area contributed by atoms with Gasteiger partial charge in [-0.05, 0) is 49.4 Å². The quantitative estimate of drug-likeness (QED) is 0.447. The van der Waals surface area contributed by atoms with Gasteiger partial charge in [-0.1, -0.05) is 19.9 Å². The monoisotopic (exact) mass is 475 g/mol. The van der Waals surface area contributed by atoms with E-state index in [1.807, 2.05) is 17.0 Å². The van der Waals surface area contributed by atoms with E-state index < -0.39 is 10.0 Å². The zero-order valence-electron chi connectivity index (χ0n) is 18.6. The van der Waals surface area contributed by atoms with Crippen molar-refractivity contribution in [1.29, 1.82) is 0 Å². The molecule has 3 aromatic rings. The second-order valence-corrected chi connectivity index (χ2v) is 10.7. The third-order valence-electron chi connectivity index (χ3n) is 4.96. The Bertz CT molecular complexity index is 1120. The first-order valence-corrected chi connectivity index (χ1v) is 12.8. The Labute approximate surface area is 193 Å². The number of hydrogen-bond donors (Lipinski definition) is 1. The van der Waals surface area contributed by atoms with Crippen LogP contribution < -0.4 is 5.32 Å².